The van der Waals surface area contributed by atoms with Gasteiger partial charge in [-0.3, -0.25) is 30.3 Å². The van der Waals surface area contributed by atoms with Crippen molar-refractivity contribution in [1.82, 2.24) is 0 Å². The van der Waals surface area contributed by atoms with Gasteiger partial charge in [-0.05, 0) is 0 Å². The molecule has 0 aliphatic heterocycles. The predicted molar refractivity (Wildman–Crippen MR) is 36.6 cm³/mol. The van der Waals surface area contributed by atoms with Gasteiger partial charge < -0.3 is 10.2 Å². The third kappa shape index (κ3) is 1.89. The molecule has 0 aromatic rings. The fourth-order valence-corrected chi connectivity index (χ4v) is 0.669. The van der Waals surface area contributed by atoms with Crippen LogP contribution in [0.1, 0.15) is 6.42 Å². The monoisotopic (exact) mass is 211 g/mol. The van der Waals surface area contributed by atoms with E-state index in [-0.39, 0.29) is 0 Å². The molecule has 11 heteroatoms. The molecule has 0 saturated carbocycles. The molecule has 0 amide bonds. The molecule has 2 N–H and O–H groups in total. The van der Waals surface area contributed by atoms with Crippen LogP contribution in [0.3, 0.4) is 0 Å². The molecule has 0 saturated heterocycles. The van der Waals surface area contributed by atoms with Crippen molar-refractivity contribution in [3.63, 3.8) is 0 Å². The van der Waals surface area contributed by atoms with Crippen LogP contribution in [0.15, 0.2) is 0 Å². The summed E-state index contributed by atoms with van der Waals surface area (Å²) in [6, 6.07) is 0. The van der Waals surface area contributed by atoms with E-state index in [1.165, 1.54) is 0 Å². The van der Waals surface area contributed by atoms with Crippen LogP contribution in [-0.2, 0) is 0 Å². The molecule has 0 fully saturated rings. The molecule has 11 nitrogen and oxygen atoms in total. The second-order valence-corrected chi connectivity index (χ2v) is 2.23. The highest BCUT2D eigenvalue weighted by Crippen LogP contribution is 2.18. The molecule has 0 heterocycles. The summed E-state index contributed by atoms with van der Waals surface area (Å²) in [5.74, 6) is -3.81. The van der Waals surface area contributed by atoms with Gasteiger partial charge in [0.25, 0.3) is 0 Å². The van der Waals surface area contributed by atoms with E-state index in [1.807, 2.05) is 0 Å². The lowest BCUT2D eigenvalue weighted by atomic mass is 10.2. The van der Waals surface area contributed by atoms with Gasteiger partial charge in [0.15, 0.2) is 21.1 Å². The quantitative estimate of drug-likeness (QED) is 0.303. The van der Waals surface area contributed by atoms with Gasteiger partial charge in [-0.1, -0.05) is 0 Å². The normalized spacial score (nSPS) is 11.4. The first kappa shape index (κ1) is 12.1. The summed E-state index contributed by atoms with van der Waals surface area (Å²) in [5.41, 5.74) is 0. The maximum atomic E-state index is 10.1. The van der Waals surface area contributed by atoms with Gasteiger partial charge in [-0.25, -0.2) is 0 Å². The fraction of sp³-hybridized carbons (Fsp3) is 1.00. The van der Waals surface area contributed by atoms with Crippen LogP contribution in [0, 0.1) is 30.3 Å². The van der Waals surface area contributed by atoms with Crippen molar-refractivity contribution in [1.29, 1.82) is 0 Å². The highest BCUT2D eigenvalue weighted by molar-refractivity contribution is 4.54. The highest BCUT2D eigenvalue weighted by Gasteiger charge is 2.71. The second-order valence-electron chi connectivity index (χ2n) is 2.23. The van der Waals surface area contributed by atoms with Gasteiger partial charge in [0.1, 0.15) is 0 Å². The zero-order valence-electron chi connectivity index (χ0n) is 6.47. The van der Waals surface area contributed by atoms with Crippen LogP contribution >= 0.6 is 0 Å². The number of nitrogens with zero attached hydrogens (tertiary/aromatic N) is 3. The number of hydrogen-bond acceptors (Lipinski definition) is 8. The summed E-state index contributed by atoms with van der Waals surface area (Å²) in [5, 5.41) is 47.0. The molecule has 0 aliphatic rings. The van der Waals surface area contributed by atoms with Gasteiger partial charge in [0.2, 0.25) is 6.42 Å². The fourth-order valence-electron chi connectivity index (χ4n) is 0.669. The molecular formula is C3H5N3O8. The van der Waals surface area contributed by atoms with Gasteiger partial charge in [-0.2, -0.15) is 0 Å². The average Bonchev–Trinajstić information content (AvgIpc) is 1.97. The van der Waals surface area contributed by atoms with Gasteiger partial charge in [0, 0.05) is 0 Å². The van der Waals surface area contributed by atoms with Crippen molar-refractivity contribution in [2.24, 2.45) is 0 Å². The Labute approximate surface area is 75.0 Å². The summed E-state index contributed by atoms with van der Waals surface area (Å²) >= 11 is 0. The van der Waals surface area contributed by atoms with Crippen LogP contribution < -0.4 is 0 Å². The summed E-state index contributed by atoms with van der Waals surface area (Å²) in [6.45, 7) is 0. The molecule has 0 radical (unpaired) electrons. The van der Waals surface area contributed by atoms with E-state index in [9.17, 15) is 30.3 Å². The minimum absolute atomic E-state index is 1.62. The molecule has 0 rings (SSSR count). The third-order valence-electron chi connectivity index (χ3n) is 1.33. The Bertz CT molecular complexity index is 237. The lowest BCUT2D eigenvalue weighted by molar-refractivity contribution is -0.971. The molecule has 0 aliphatic carbocycles. The van der Waals surface area contributed by atoms with E-state index < -0.39 is 33.3 Å². The zero-order chi connectivity index (χ0) is 11.5. The minimum atomic E-state index is -3.81. The molecule has 80 valence electrons. The van der Waals surface area contributed by atoms with Crippen LogP contribution in [0.4, 0.5) is 0 Å². The first-order valence-corrected chi connectivity index (χ1v) is 3.04. The van der Waals surface area contributed by atoms with Crippen LogP contribution in [0.25, 0.3) is 0 Å². The second kappa shape index (κ2) is 3.89. The number of rotatable bonds is 5. The molecule has 0 aromatic heterocycles. The van der Waals surface area contributed by atoms with E-state index in [1.54, 1.807) is 0 Å². The Morgan fingerprint density at radius 2 is 1.29 bits per heavy atom. The first-order chi connectivity index (χ1) is 6.25. The van der Waals surface area contributed by atoms with E-state index in [2.05, 4.69) is 0 Å². The number of aliphatic hydroxyl groups is 2. The SMILES string of the molecule is O=[N+]([O-])C(CC(O)O)([N+](=O)[O-])[N+](=O)[O-]. The van der Waals surface area contributed by atoms with Crippen molar-refractivity contribution in [3.05, 3.63) is 30.3 Å². The Morgan fingerprint density at radius 3 is 1.36 bits per heavy atom. The average molecular weight is 211 g/mol. The number of aliphatic hydroxyl groups excluding tert-OH is 1. The Balaban J connectivity index is 5.28. The van der Waals surface area contributed by atoms with Crippen LogP contribution in [-0.4, -0.2) is 37.1 Å². The number of hydrogen-bond donors (Lipinski definition) is 2. The maximum Gasteiger partial charge on any atom is 0.704 e. The summed E-state index contributed by atoms with van der Waals surface area (Å²) < 4.78 is 0. The van der Waals surface area contributed by atoms with E-state index in [4.69, 9.17) is 10.2 Å². The standard InChI is InChI=1S/C3H5N3O8/c7-2(8)1-3(4(9)10,5(11)12)6(13)14/h2,7-8H,1H2. The molecule has 0 unspecified atom stereocenters. The van der Waals surface area contributed by atoms with E-state index >= 15 is 0 Å². The van der Waals surface area contributed by atoms with E-state index in [0.29, 0.717) is 0 Å². The Morgan fingerprint density at radius 1 is 1.00 bits per heavy atom. The molecule has 0 aromatic carbocycles. The Hall–Kier alpha value is -1.88. The zero-order valence-corrected chi connectivity index (χ0v) is 6.47. The van der Waals surface area contributed by atoms with Crippen molar-refractivity contribution in [3.8, 4) is 0 Å². The van der Waals surface area contributed by atoms with Gasteiger partial charge in [-0.15, -0.1) is 0 Å². The van der Waals surface area contributed by atoms with Crippen LogP contribution in [0.5, 0.6) is 0 Å². The first-order valence-electron chi connectivity index (χ1n) is 3.04. The number of nitro groups is 3. The molecule has 0 spiro atoms. The van der Waals surface area contributed by atoms with Crippen LogP contribution in [0.2, 0.25) is 0 Å². The Kier molecular flexibility index (Phi) is 3.36. The highest BCUT2D eigenvalue weighted by atomic mass is 16.7. The molecule has 0 atom stereocenters. The smallest absolute Gasteiger partial charge is 0.367 e. The summed E-state index contributed by atoms with van der Waals surface area (Å²) in [7, 11) is 0. The third-order valence-corrected chi connectivity index (χ3v) is 1.33. The summed E-state index contributed by atoms with van der Waals surface area (Å²) in [6.07, 6.45) is -4.14. The topological polar surface area (TPSA) is 170 Å². The summed E-state index contributed by atoms with van der Waals surface area (Å²) in [4.78, 5) is 25.1. The lowest BCUT2D eigenvalue weighted by Crippen LogP contribution is -2.55. The maximum absolute atomic E-state index is 10.1. The lowest BCUT2D eigenvalue weighted by Gasteiger charge is -2.09. The van der Waals surface area contributed by atoms with Gasteiger partial charge >= 0.3 is 5.79 Å². The predicted octanol–water partition coefficient (Wildman–Crippen LogP) is -1.83. The van der Waals surface area contributed by atoms with E-state index in [0.717, 1.165) is 0 Å². The molecular weight excluding hydrogens is 206 g/mol. The molecule has 14 heavy (non-hydrogen) atoms. The minimum Gasteiger partial charge on any atom is -0.367 e. The van der Waals surface area contributed by atoms with Crippen molar-refractivity contribution < 1.29 is 25.0 Å². The van der Waals surface area contributed by atoms with Crippen molar-refractivity contribution in [2.45, 2.75) is 18.5 Å². The van der Waals surface area contributed by atoms with Gasteiger partial charge in [0.05, 0.1) is 0 Å². The largest absolute Gasteiger partial charge is 0.704 e. The molecule has 0 bridgehead atoms. The van der Waals surface area contributed by atoms with Crippen molar-refractivity contribution in [2.75, 3.05) is 0 Å². The van der Waals surface area contributed by atoms with Crippen molar-refractivity contribution >= 4 is 0 Å².